The number of hydrogen-bond acceptors (Lipinski definition) is 3. The smallest absolute Gasteiger partial charge is 0.144 e. The lowest BCUT2D eigenvalue weighted by molar-refractivity contribution is 0.545. The van der Waals surface area contributed by atoms with Crippen LogP contribution in [-0.2, 0) is 0 Å². The molecule has 6 nitrogen and oxygen atoms in total. The number of H-pyrrole nitrogens is 3. The molecule has 0 bridgehead atoms. The number of aromatic amines is 3. The normalized spacial score (nSPS) is 14.8. The number of nitrogens with zero attached hydrogens (tertiary/aromatic N) is 3. The molecule has 0 amide bonds. The lowest BCUT2D eigenvalue weighted by atomic mass is 9.96. The molecule has 0 spiro atoms. The van der Waals surface area contributed by atoms with Crippen molar-refractivity contribution in [2.24, 2.45) is 0 Å². The molecular formula is C33H57N6P. The third kappa shape index (κ3) is 9.03. The van der Waals surface area contributed by atoms with Crippen molar-refractivity contribution in [3.8, 4) is 0 Å². The predicted molar refractivity (Wildman–Crippen MR) is 173 cm³/mol. The number of rotatable bonds is 21. The Morgan fingerprint density at radius 2 is 0.800 bits per heavy atom. The molecule has 3 atom stereocenters. The monoisotopic (exact) mass is 568 g/mol. The molecule has 7 heteroatoms. The average molecular weight is 569 g/mol. The molecule has 3 unspecified atom stereocenters. The highest BCUT2D eigenvalue weighted by molar-refractivity contribution is 7.78. The fourth-order valence-corrected chi connectivity index (χ4v) is 7.74. The summed E-state index contributed by atoms with van der Waals surface area (Å²) in [5, 5.41) is 0. The quantitative estimate of drug-likeness (QED) is 0.0886. The summed E-state index contributed by atoms with van der Waals surface area (Å²) >= 11 is 0. The molecule has 0 aromatic carbocycles. The summed E-state index contributed by atoms with van der Waals surface area (Å²) in [7, 11) is -1.02. The summed E-state index contributed by atoms with van der Waals surface area (Å²) in [6.45, 7) is 13.7. The highest BCUT2D eigenvalue weighted by atomic mass is 31.1. The van der Waals surface area contributed by atoms with Gasteiger partial charge in [0.05, 0.1) is 0 Å². The Morgan fingerprint density at radius 3 is 1.05 bits per heavy atom. The lowest BCUT2D eigenvalue weighted by Gasteiger charge is -2.15. The number of nitrogens with one attached hydrogen (secondary N) is 3. The summed E-state index contributed by atoms with van der Waals surface area (Å²) in [5.74, 6) is 1.57. The zero-order valence-corrected chi connectivity index (χ0v) is 27.3. The van der Waals surface area contributed by atoms with Crippen LogP contribution in [0.3, 0.4) is 0 Å². The van der Waals surface area contributed by atoms with Crippen LogP contribution in [0, 0.1) is 0 Å². The maximum absolute atomic E-state index is 4.99. The standard InChI is InChI=1S/C33H57N6P/c1-7-13-16-19-25(10-4)28-22-34-31(37-28)40(32-35-23-29(38-32)26(11-5)20-17-14-8-2)33-36-24-30(39-33)27(12-6)21-18-15-9-3/h22-27H,7-21H2,1-6H3,(H,34,37)(H,35,38)(H,36,39). The van der Waals surface area contributed by atoms with Gasteiger partial charge in [-0.05, 0) is 38.5 Å². The number of unbranched alkanes of at least 4 members (excludes halogenated alkanes) is 6. The topological polar surface area (TPSA) is 86.0 Å². The third-order valence-electron chi connectivity index (χ3n) is 8.65. The van der Waals surface area contributed by atoms with E-state index in [1.165, 1.54) is 94.1 Å². The van der Waals surface area contributed by atoms with Crippen molar-refractivity contribution in [1.82, 2.24) is 29.9 Å². The van der Waals surface area contributed by atoms with E-state index in [-0.39, 0.29) is 0 Å². The molecule has 3 N–H and O–H groups in total. The van der Waals surface area contributed by atoms with Gasteiger partial charge < -0.3 is 15.0 Å². The second kappa shape index (κ2) is 17.8. The van der Waals surface area contributed by atoms with Gasteiger partial charge >= 0.3 is 0 Å². The van der Waals surface area contributed by atoms with Crippen LogP contribution in [0.25, 0.3) is 0 Å². The number of aromatic nitrogens is 6. The van der Waals surface area contributed by atoms with Crippen molar-refractivity contribution in [3.05, 3.63) is 35.7 Å². The van der Waals surface area contributed by atoms with Gasteiger partial charge in [-0.25, -0.2) is 15.0 Å². The zero-order chi connectivity index (χ0) is 28.7. The molecule has 0 aliphatic heterocycles. The van der Waals surface area contributed by atoms with Crippen molar-refractivity contribution in [1.29, 1.82) is 0 Å². The first kappa shape index (κ1) is 32.6. The van der Waals surface area contributed by atoms with E-state index in [1.54, 1.807) is 0 Å². The van der Waals surface area contributed by atoms with Crippen LogP contribution in [-0.4, -0.2) is 29.9 Å². The molecule has 0 radical (unpaired) electrons. The Balaban J connectivity index is 1.93. The molecule has 224 valence electrons. The maximum atomic E-state index is 4.99. The summed E-state index contributed by atoms with van der Waals surface area (Å²) in [5.41, 5.74) is 6.78. The highest BCUT2D eigenvalue weighted by Gasteiger charge is 2.28. The van der Waals surface area contributed by atoms with Crippen molar-refractivity contribution in [3.63, 3.8) is 0 Å². The Labute approximate surface area is 245 Å². The molecule has 3 rings (SSSR count). The first-order valence-corrected chi connectivity index (χ1v) is 17.9. The molecule has 3 heterocycles. The van der Waals surface area contributed by atoms with E-state index in [9.17, 15) is 0 Å². The second-order valence-corrected chi connectivity index (χ2v) is 13.6. The summed E-state index contributed by atoms with van der Waals surface area (Å²) in [4.78, 5) is 26.3. The lowest BCUT2D eigenvalue weighted by Crippen LogP contribution is -2.28. The Hall–Kier alpha value is -1.94. The third-order valence-corrected chi connectivity index (χ3v) is 10.6. The van der Waals surface area contributed by atoms with Gasteiger partial charge in [0, 0.05) is 53.4 Å². The van der Waals surface area contributed by atoms with E-state index in [0.717, 1.165) is 36.0 Å². The van der Waals surface area contributed by atoms with Crippen LogP contribution in [0.2, 0.25) is 0 Å². The first-order valence-electron chi connectivity index (χ1n) is 16.5. The molecule has 0 saturated carbocycles. The molecule has 40 heavy (non-hydrogen) atoms. The van der Waals surface area contributed by atoms with Gasteiger partial charge in [0.1, 0.15) is 24.6 Å². The van der Waals surface area contributed by atoms with Crippen LogP contribution in [0.4, 0.5) is 0 Å². The maximum Gasteiger partial charge on any atom is 0.144 e. The van der Waals surface area contributed by atoms with Gasteiger partial charge in [-0.15, -0.1) is 0 Å². The van der Waals surface area contributed by atoms with E-state index < -0.39 is 7.92 Å². The fourth-order valence-electron chi connectivity index (χ4n) is 5.90. The molecule has 0 fully saturated rings. The minimum Gasteiger partial charge on any atom is -0.341 e. The van der Waals surface area contributed by atoms with E-state index in [0.29, 0.717) is 17.8 Å². The Kier molecular flexibility index (Phi) is 14.5. The van der Waals surface area contributed by atoms with E-state index in [2.05, 4.69) is 75.1 Å². The number of hydrogen-bond donors (Lipinski definition) is 3. The van der Waals surface area contributed by atoms with Gasteiger partial charge in [-0.1, -0.05) is 99.3 Å². The molecule has 0 aliphatic carbocycles. The van der Waals surface area contributed by atoms with Crippen molar-refractivity contribution < 1.29 is 0 Å². The molecule has 0 aliphatic rings. The van der Waals surface area contributed by atoms with Crippen LogP contribution in [0.1, 0.15) is 173 Å². The zero-order valence-electron chi connectivity index (χ0n) is 26.4. The predicted octanol–water partition coefficient (Wildman–Crippen LogP) is 8.84. The SMILES string of the molecule is CCCCCC(CC)c1cnc(P(c2ncc(C(CC)CCCCC)[nH]2)c2ncc(C(CC)CCCCC)[nH]2)[nH]1. The summed E-state index contributed by atoms with van der Waals surface area (Å²) < 4.78 is 0. The van der Waals surface area contributed by atoms with Gasteiger partial charge in [0.25, 0.3) is 0 Å². The van der Waals surface area contributed by atoms with Crippen molar-refractivity contribution in [2.75, 3.05) is 0 Å². The van der Waals surface area contributed by atoms with Gasteiger partial charge in [0.15, 0.2) is 0 Å². The van der Waals surface area contributed by atoms with E-state index in [1.807, 2.05) is 0 Å². The first-order chi connectivity index (χ1) is 19.6. The van der Waals surface area contributed by atoms with E-state index in [4.69, 9.17) is 15.0 Å². The van der Waals surface area contributed by atoms with Crippen LogP contribution < -0.4 is 16.7 Å². The van der Waals surface area contributed by atoms with Gasteiger partial charge in [0.2, 0.25) is 0 Å². The second-order valence-electron chi connectivity index (χ2n) is 11.6. The van der Waals surface area contributed by atoms with Crippen LogP contribution in [0.15, 0.2) is 18.6 Å². The van der Waals surface area contributed by atoms with Crippen LogP contribution >= 0.6 is 7.92 Å². The van der Waals surface area contributed by atoms with Gasteiger partial charge in [-0.3, -0.25) is 0 Å². The summed E-state index contributed by atoms with van der Waals surface area (Å²) in [6, 6.07) is 0. The summed E-state index contributed by atoms with van der Waals surface area (Å²) in [6.07, 6.45) is 24.7. The average Bonchev–Trinajstić information content (AvgIpc) is 3.75. The fraction of sp³-hybridized carbons (Fsp3) is 0.727. The minimum atomic E-state index is -1.02. The molecule has 0 saturated heterocycles. The Morgan fingerprint density at radius 1 is 0.500 bits per heavy atom. The molecular weight excluding hydrogens is 511 g/mol. The molecule has 3 aromatic heterocycles. The number of imidazole rings is 3. The minimum absolute atomic E-state index is 0.523. The largest absolute Gasteiger partial charge is 0.341 e. The highest BCUT2D eigenvalue weighted by Crippen LogP contribution is 2.34. The van der Waals surface area contributed by atoms with Crippen LogP contribution in [0.5, 0.6) is 0 Å². The molecule has 3 aromatic rings. The Bertz CT molecular complexity index is 935. The van der Waals surface area contributed by atoms with E-state index >= 15 is 0 Å². The van der Waals surface area contributed by atoms with Crippen molar-refractivity contribution >= 4 is 24.6 Å². The van der Waals surface area contributed by atoms with Gasteiger partial charge in [-0.2, -0.15) is 0 Å². The van der Waals surface area contributed by atoms with Crippen molar-refractivity contribution in [2.45, 2.75) is 156 Å².